The summed E-state index contributed by atoms with van der Waals surface area (Å²) in [4.78, 5) is 17.0. The van der Waals surface area contributed by atoms with Crippen molar-refractivity contribution in [3.63, 3.8) is 0 Å². The summed E-state index contributed by atoms with van der Waals surface area (Å²) in [5.41, 5.74) is 8.74. The number of pyridine rings is 1. The Morgan fingerprint density at radius 3 is 2.82 bits per heavy atom. The Labute approximate surface area is 136 Å². The van der Waals surface area contributed by atoms with Crippen molar-refractivity contribution < 1.29 is 4.79 Å². The number of amides is 1. The number of nitrogen functional groups attached to an aromatic ring is 1. The summed E-state index contributed by atoms with van der Waals surface area (Å²) < 4.78 is 0. The number of aromatic nitrogens is 1. The van der Waals surface area contributed by atoms with Gasteiger partial charge in [0.2, 0.25) is 0 Å². The molecule has 0 saturated heterocycles. The lowest BCUT2D eigenvalue weighted by Crippen LogP contribution is -2.10. The quantitative estimate of drug-likeness (QED) is 0.704. The first-order valence-corrected chi connectivity index (χ1v) is 7.74. The molecule has 0 radical (unpaired) electrons. The SMILES string of the molecule is Nc1cc(Cl)cc(NC(=O)c2cc(-c3cccnc3)cs2)c1. The molecule has 1 amide bonds. The molecule has 0 unspecified atom stereocenters. The van der Waals surface area contributed by atoms with Gasteiger partial charge in [-0.05, 0) is 41.3 Å². The molecule has 1 aromatic carbocycles. The van der Waals surface area contributed by atoms with E-state index in [2.05, 4.69) is 10.3 Å². The molecular weight excluding hydrogens is 318 g/mol. The molecule has 3 aromatic rings. The van der Waals surface area contributed by atoms with Gasteiger partial charge in [0.1, 0.15) is 0 Å². The van der Waals surface area contributed by atoms with E-state index in [-0.39, 0.29) is 5.91 Å². The highest BCUT2D eigenvalue weighted by molar-refractivity contribution is 7.12. The van der Waals surface area contributed by atoms with Crippen molar-refractivity contribution >= 4 is 40.2 Å². The molecule has 22 heavy (non-hydrogen) atoms. The number of thiophene rings is 1. The number of nitrogens with zero attached hydrogens (tertiary/aromatic N) is 1. The first-order chi connectivity index (χ1) is 10.6. The largest absolute Gasteiger partial charge is 0.399 e. The molecule has 0 saturated carbocycles. The van der Waals surface area contributed by atoms with Gasteiger partial charge in [-0.15, -0.1) is 11.3 Å². The highest BCUT2D eigenvalue weighted by Crippen LogP contribution is 2.26. The third-order valence-electron chi connectivity index (χ3n) is 3.00. The summed E-state index contributed by atoms with van der Waals surface area (Å²) in [5, 5.41) is 5.21. The van der Waals surface area contributed by atoms with Gasteiger partial charge in [-0.2, -0.15) is 0 Å². The van der Waals surface area contributed by atoms with Gasteiger partial charge in [-0.25, -0.2) is 0 Å². The Morgan fingerprint density at radius 2 is 2.09 bits per heavy atom. The zero-order valence-electron chi connectivity index (χ0n) is 11.4. The van der Waals surface area contributed by atoms with Crippen molar-refractivity contribution in [3.8, 4) is 11.1 Å². The minimum atomic E-state index is -0.193. The fraction of sp³-hybridized carbons (Fsp3) is 0. The number of nitrogens with one attached hydrogen (secondary N) is 1. The summed E-state index contributed by atoms with van der Waals surface area (Å²) in [6.07, 6.45) is 3.48. The average molecular weight is 330 g/mol. The molecular formula is C16H12ClN3OS. The van der Waals surface area contributed by atoms with Crippen LogP contribution in [-0.2, 0) is 0 Å². The lowest BCUT2D eigenvalue weighted by molar-refractivity contribution is 0.103. The third kappa shape index (κ3) is 3.27. The molecule has 6 heteroatoms. The van der Waals surface area contributed by atoms with Crippen molar-refractivity contribution in [2.24, 2.45) is 0 Å². The molecule has 2 heterocycles. The Bertz CT molecular complexity index is 797. The third-order valence-corrected chi connectivity index (χ3v) is 4.14. The van der Waals surface area contributed by atoms with E-state index in [0.717, 1.165) is 11.1 Å². The van der Waals surface area contributed by atoms with Gasteiger partial charge >= 0.3 is 0 Å². The van der Waals surface area contributed by atoms with Crippen molar-refractivity contribution in [1.29, 1.82) is 0 Å². The van der Waals surface area contributed by atoms with E-state index >= 15 is 0 Å². The molecule has 0 spiro atoms. The van der Waals surface area contributed by atoms with Crippen molar-refractivity contribution in [2.45, 2.75) is 0 Å². The maximum Gasteiger partial charge on any atom is 0.265 e. The van der Waals surface area contributed by atoms with Crippen molar-refractivity contribution in [1.82, 2.24) is 4.98 Å². The number of hydrogen-bond donors (Lipinski definition) is 2. The van der Waals surface area contributed by atoms with Gasteiger partial charge in [0.25, 0.3) is 5.91 Å². The van der Waals surface area contributed by atoms with E-state index < -0.39 is 0 Å². The normalized spacial score (nSPS) is 10.4. The Hall–Kier alpha value is -2.37. The van der Waals surface area contributed by atoms with E-state index in [1.54, 1.807) is 30.6 Å². The molecule has 0 aliphatic rings. The summed E-state index contributed by atoms with van der Waals surface area (Å²) in [6.45, 7) is 0. The second-order valence-corrected chi connectivity index (χ2v) is 6.02. The maximum atomic E-state index is 12.3. The van der Waals surface area contributed by atoms with Crippen molar-refractivity contribution in [3.05, 3.63) is 64.1 Å². The lowest BCUT2D eigenvalue weighted by atomic mass is 10.1. The minimum absolute atomic E-state index is 0.193. The summed E-state index contributed by atoms with van der Waals surface area (Å²) in [7, 11) is 0. The zero-order valence-corrected chi connectivity index (χ0v) is 13.0. The monoisotopic (exact) mass is 329 g/mol. The lowest BCUT2D eigenvalue weighted by Gasteiger charge is -2.05. The van der Waals surface area contributed by atoms with Crippen LogP contribution >= 0.6 is 22.9 Å². The van der Waals surface area contributed by atoms with Gasteiger partial charge in [0, 0.05) is 34.4 Å². The van der Waals surface area contributed by atoms with Gasteiger partial charge in [-0.3, -0.25) is 9.78 Å². The van der Waals surface area contributed by atoms with E-state index in [1.807, 2.05) is 23.6 Å². The van der Waals surface area contributed by atoms with E-state index in [4.69, 9.17) is 17.3 Å². The first kappa shape index (κ1) is 14.6. The molecule has 3 N–H and O–H groups in total. The first-order valence-electron chi connectivity index (χ1n) is 6.48. The van der Waals surface area contributed by atoms with E-state index in [1.165, 1.54) is 11.3 Å². The number of anilines is 2. The van der Waals surface area contributed by atoms with Crippen LogP contribution < -0.4 is 11.1 Å². The van der Waals surface area contributed by atoms with Gasteiger partial charge < -0.3 is 11.1 Å². The van der Waals surface area contributed by atoms with Gasteiger partial charge in [0.15, 0.2) is 0 Å². The van der Waals surface area contributed by atoms with Crippen LogP contribution in [0, 0.1) is 0 Å². The number of halogens is 1. The highest BCUT2D eigenvalue weighted by atomic mass is 35.5. The number of carbonyl (C=O) groups excluding carboxylic acids is 1. The summed E-state index contributed by atoms with van der Waals surface area (Å²) in [6, 6.07) is 10.6. The molecule has 0 fully saturated rings. The predicted octanol–water partition coefficient (Wildman–Crippen LogP) is 4.30. The van der Waals surface area contributed by atoms with Crippen LogP contribution in [0.15, 0.2) is 54.2 Å². The number of carbonyl (C=O) groups is 1. The maximum absolute atomic E-state index is 12.3. The Kier molecular flexibility index (Phi) is 4.09. The standard InChI is InChI=1S/C16H12ClN3OS/c17-12-5-13(18)7-14(6-12)20-16(21)15-4-11(9-22-15)10-2-1-3-19-8-10/h1-9H,18H2,(H,20,21). The smallest absolute Gasteiger partial charge is 0.265 e. The molecule has 0 aliphatic carbocycles. The van der Waals surface area contributed by atoms with Crippen LogP contribution in [0.25, 0.3) is 11.1 Å². The van der Waals surface area contributed by atoms with Crippen LogP contribution in [0.4, 0.5) is 11.4 Å². The zero-order chi connectivity index (χ0) is 15.5. The molecule has 0 aliphatic heterocycles. The second-order valence-electron chi connectivity index (χ2n) is 4.67. The number of benzene rings is 1. The number of rotatable bonds is 3. The number of nitrogens with two attached hydrogens (primary N) is 1. The predicted molar refractivity (Wildman–Crippen MR) is 91.4 cm³/mol. The van der Waals surface area contributed by atoms with Crippen molar-refractivity contribution in [2.75, 3.05) is 11.1 Å². The topological polar surface area (TPSA) is 68.0 Å². The molecule has 0 atom stereocenters. The fourth-order valence-corrected chi connectivity index (χ4v) is 3.07. The molecule has 110 valence electrons. The molecule has 2 aromatic heterocycles. The highest BCUT2D eigenvalue weighted by Gasteiger charge is 2.11. The molecule has 3 rings (SSSR count). The van der Waals surface area contributed by atoms with Crippen LogP contribution in [-0.4, -0.2) is 10.9 Å². The Morgan fingerprint density at radius 1 is 1.23 bits per heavy atom. The molecule has 0 bridgehead atoms. The van der Waals surface area contributed by atoms with Crippen LogP contribution in [0.2, 0.25) is 5.02 Å². The van der Waals surface area contributed by atoms with Crippen LogP contribution in [0.3, 0.4) is 0 Å². The minimum Gasteiger partial charge on any atom is -0.399 e. The van der Waals surface area contributed by atoms with Gasteiger partial charge in [-0.1, -0.05) is 17.7 Å². The Balaban J connectivity index is 1.80. The molecule has 4 nitrogen and oxygen atoms in total. The fourth-order valence-electron chi connectivity index (χ4n) is 2.02. The average Bonchev–Trinajstić information content (AvgIpc) is 2.97. The van der Waals surface area contributed by atoms with E-state index in [0.29, 0.717) is 21.3 Å². The van der Waals surface area contributed by atoms with Crippen LogP contribution in [0.1, 0.15) is 9.67 Å². The second kappa shape index (κ2) is 6.17. The number of hydrogen-bond acceptors (Lipinski definition) is 4. The summed E-state index contributed by atoms with van der Waals surface area (Å²) in [5.74, 6) is -0.193. The van der Waals surface area contributed by atoms with E-state index in [9.17, 15) is 4.79 Å². The summed E-state index contributed by atoms with van der Waals surface area (Å²) >= 11 is 7.30. The van der Waals surface area contributed by atoms with Gasteiger partial charge in [0.05, 0.1) is 4.88 Å². The van der Waals surface area contributed by atoms with Crippen LogP contribution in [0.5, 0.6) is 0 Å².